The molecule has 1 fully saturated rings. The minimum atomic E-state index is -0.174. The average molecular weight is 280 g/mol. The molecule has 0 bridgehead atoms. The van der Waals surface area contributed by atoms with Crippen LogP contribution >= 0.6 is 0 Å². The molecule has 1 aliphatic rings. The second-order valence-corrected chi connectivity index (χ2v) is 5.61. The van der Waals surface area contributed by atoms with Crippen molar-refractivity contribution in [3.05, 3.63) is 30.1 Å². The SMILES string of the molecule is CN(CCCCO)C1CCN(c2ccc(F)cc2)CC1. The summed E-state index contributed by atoms with van der Waals surface area (Å²) in [6.07, 6.45) is 4.24. The Morgan fingerprint density at radius 1 is 1.20 bits per heavy atom. The first-order valence-electron chi connectivity index (χ1n) is 7.52. The summed E-state index contributed by atoms with van der Waals surface area (Å²) < 4.78 is 12.9. The fourth-order valence-electron chi connectivity index (χ4n) is 2.87. The summed E-state index contributed by atoms with van der Waals surface area (Å²) in [5.41, 5.74) is 1.12. The van der Waals surface area contributed by atoms with Crippen LogP contribution < -0.4 is 4.90 Å². The lowest BCUT2D eigenvalue weighted by Crippen LogP contribution is -2.43. The Morgan fingerprint density at radius 2 is 1.85 bits per heavy atom. The Labute approximate surface area is 121 Å². The minimum absolute atomic E-state index is 0.174. The van der Waals surface area contributed by atoms with Crippen molar-refractivity contribution in [1.29, 1.82) is 0 Å². The molecule has 0 unspecified atom stereocenters. The lowest BCUT2D eigenvalue weighted by Gasteiger charge is -2.38. The van der Waals surface area contributed by atoms with E-state index < -0.39 is 0 Å². The zero-order chi connectivity index (χ0) is 14.4. The number of halogens is 1. The summed E-state index contributed by atoms with van der Waals surface area (Å²) in [6.45, 7) is 3.40. The highest BCUT2D eigenvalue weighted by molar-refractivity contribution is 5.46. The van der Waals surface area contributed by atoms with Gasteiger partial charge in [0, 0.05) is 31.4 Å². The van der Waals surface area contributed by atoms with Gasteiger partial charge in [-0.1, -0.05) is 0 Å². The van der Waals surface area contributed by atoms with Gasteiger partial charge in [0.05, 0.1) is 0 Å². The lowest BCUT2D eigenvalue weighted by atomic mass is 10.0. The van der Waals surface area contributed by atoms with E-state index in [1.165, 1.54) is 12.1 Å². The van der Waals surface area contributed by atoms with Gasteiger partial charge in [0.2, 0.25) is 0 Å². The number of anilines is 1. The molecule has 1 N–H and O–H groups in total. The van der Waals surface area contributed by atoms with Gasteiger partial charge in [-0.3, -0.25) is 0 Å². The zero-order valence-electron chi connectivity index (χ0n) is 12.3. The average Bonchev–Trinajstić information content (AvgIpc) is 2.48. The van der Waals surface area contributed by atoms with Crippen LogP contribution in [-0.2, 0) is 0 Å². The van der Waals surface area contributed by atoms with Crippen LogP contribution in [0.1, 0.15) is 25.7 Å². The van der Waals surface area contributed by atoms with Crippen molar-refractivity contribution in [2.75, 3.05) is 38.2 Å². The van der Waals surface area contributed by atoms with Crippen molar-refractivity contribution in [2.45, 2.75) is 31.7 Å². The molecule has 1 aliphatic heterocycles. The second kappa shape index (κ2) is 7.60. The highest BCUT2D eigenvalue weighted by atomic mass is 19.1. The van der Waals surface area contributed by atoms with Crippen LogP contribution in [0.25, 0.3) is 0 Å². The smallest absolute Gasteiger partial charge is 0.123 e. The Bertz CT molecular complexity index is 388. The van der Waals surface area contributed by atoms with Crippen molar-refractivity contribution in [2.24, 2.45) is 0 Å². The zero-order valence-corrected chi connectivity index (χ0v) is 12.3. The molecule has 112 valence electrons. The maximum atomic E-state index is 12.9. The number of hydrogen-bond donors (Lipinski definition) is 1. The first-order valence-corrected chi connectivity index (χ1v) is 7.52. The van der Waals surface area contributed by atoms with Crippen molar-refractivity contribution >= 4 is 5.69 Å². The fourth-order valence-corrected chi connectivity index (χ4v) is 2.87. The first-order chi connectivity index (χ1) is 9.70. The Kier molecular flexibility index (Phi) is 5.80. The number of benzene rings is 1. The molecule has 4 heteroatoms. The van der Waals surface area contributed by atoms with Gasteiger partial charge in [-0.15, -0.1) is 0 Å². The molecule has 20 heavy (non-hydrogen) atoms. The summed E-state index contributed by atoms with van der Waals surface area (Å²) in [5, 5.41) is 8.82. The van der Waals surface area contributed by atoms with Crippen LogP contribution in [0.2, 0.25) is 0 Å². The highest BCUT2D eigenvalue weighted by Crippen LogP contribution is 2.22. The van der Waals surface area contributed by atoms with Gasteiger partial charge in [-0.2, -0.15) is 0 Å². The normalized spacial score (nSPS) is 16.9. The molecule has 1 aromatic carbocycles. The number of hydrogen-bond acceptors (Lipinski definition) is 3. The Morgan fingerprint density at radius 3 is 2.45 bits per heavy atom. The number of unbranched alkanes of at least 4 members (excludes halogenated alkanes) is 1. The number of aliphatic hydroxyl groups excluding tert-OH is 1. The molecule has 2 rings (SSSR count). The number of nitrogens with zero attached hydrogens (tertiary/aromatic N) is 2. The fraction of sp³-hybridized carbons (Fsp3) is 0.625. The number of rotatable bonds is 6. The molecular weight excluding hydrogens is 255 g/mol. The minimum Gasteiger partial charge on any atom is -0.396 e. The topological polar surface area (TPSA) is 26.7 Å². The predicted octanol–water partition coefficient (Wildman–Crippen LogP) is 2.50. The molecule has 0 saturated carbocycles. The van der Waals surface area contributed by atoms with E-state index in [9.17, 15) is 4.39 Å². The van der Waals surface area contributed by atoms with Crippen molar-refractivity contribution in [1.82, 2.24) is 4.90 Å². The van der Waals surface area contributed by atoms with Gasteiger partial charge in [-0.05, 0) is 63.5 Å². The van der Waals surface area contributed by atoms with Crippen molar-refractivity contribution in [3.8, 4) is 0 Å². The summed E-state index contributed by atoms with van der Waals surface area (Å²) in [4.78, 5) is 4.75. The molecule has 1 aromatic rings. The molecular formula is C16H25FN2O. The third-order valence-corrected chi connectivity index (χ3v) is 4.20. The van der Waals surface area contributed by atoms with E-state index >= 15 is 0 Å². The molecule has 0 spiro atoms. The summed E-state index contributed by atoms with van der Waals surface area (Å²) in [7, 11) is 2.18. The quantitative estimate of drug-likeness (QED) is 0.811. The lowest BCUT2D eigenvalue weighted by molar-refractivity contribution is 0.196. The van der Waals surface area contributed by atoms with E-state index in [0.29, 0.717) is 6.04 Å². The van der Waals surface area contributed by atoms with Gasteiger partial charge < -0.3 is 14.9 Å². The molecule has 3 nitrogen and oxygen atoms in total. The van der Waals surface area contributed by atoms with Crippen LogP contribution in [0.4, 0.5) is 10.1 Å². The van der Waals surface area contributed by atoms with Gasteiger partial charge in [0.25, 0.3) is 0 Å². The monoisotopic (exact) mass is 280 g/mol. The van der Waals surface area contributed by atoms with Crippen LogP contribution in [0.3, 0.4) is 0 Å². The van der Waals surface area contributed by atoms with Gasteiger partial charge in [0.15, 0.2) is 0 Å². The van der Waals surface area contributed by atoms with Gasteiger partial charge >= 0.3 is 0 Å². The van der Waals surface area contributed by atoms with E-state index in [1.54, 1.807) is 0 Å². The molecule has 0 radical (unpaired) electrons. The van der Waals surface area contributed by atoms with Crippen LogP contribution in [0.15, 0.2) is 24.3 Å². The van der Waals surface area contributed by atoms with Crippen molar-refractivity contribution < 1.29 is 9.50 Å². The van der Waals surface area contributed by atoms with E-state index in [0.717, 1.165) is 51.0 Å². The van der Waals surface area contributed by atoms with Gasteiger partial charge in [-0.25, -0.2) is 4.39 Å². The Hall–Kier alpha value is -1.13. The third kappa shape index (κ3) is 4.18. The van der Waals surface area contributed by atoms with Gasteiger partial charge in [0.1, 0.15) is 5.82 Å². The van der Waals surface area contributed by atoms with Crippen LogP contribution in [-0.4, -0.2) is 49.3 Å². The summed E-state index contributed by atoms with van der Waals surface area (Å²) in [6, 6.07) is 7.41. The molecule has 0 amide bonds. The molecule has 0 aliphatic carbocycles. The number of piperidine rings is 1. The summed E-state index contributed by atoms with van der Waals surface area (Å²) in [5.74, 6) is -0.174. The second-order valence-electron chi connectivity index (χ2n) is 5.61. The maximum Gasteiger partial charge on any atom is 0.123 e. The van der Waals surface area contributed by atoms with Crippen molar-refractivity contribution in [3.63, 3.8) is 0 Å². The molecule has 1 heterocycles. The highest BCUT2D eigenvalue weighted by Gasteiger charge is 2.22. The molecule has 0 atom stereocenters. The van der Waals surface area contributed by atoms with E-state index in [4.69, 9.17) is 5.11 Å². The van der Waals surface area contributed by atoms with E-state index in [1.807, 2.05) is 12.1 Å². The molecule has 0 aromatic heterocycles. The third-order valence-electron chi connectivity index (χ3n) is 4.20. The molecule has 1 saturated heterocycles. The van der Waals surface area contributed by atoms with E-state index in [-0.39, 0.29) is 12.4 Å². The largest absolute Gasteiger partial charge is 0.396 e. The standard InChI is InChI=1S/C16H25FN2O/c1-18(10-2-3-13-20)15-8-11-19(12-9-15)16-6-4-14(17)5-7-16/h4-7,15,20H,2-3,8-13H2,1H3. The Balaban J connectivity index is 1.78. The number of aliphatic hydroxyl groups is 1. The van der Waals surface area contributed by atoms with Crippen LogP contribution in [0.5, 0.6) is 0 Å². The van der Waals surface area contributed by atoms with E-state index in [2.05, 4.69) is 16.8 Å². The predicted molar refractivity (Wildman–Crippen MR) is 80.6 cm³/mol. The summed E-state index contributed by atoms with van der Waals surface area (Å²) >= 11 is 0. The van der Waals surface area contributed by atoms with Crippen LogP contribution in [0, 0.1) is 5.82 Å². The maximum absolute atomic E-state index is 12.9. The first kappa shape index (κ1) is 15.3.